The van der Waals surface area contributed by atoms with E-state index < -0.39 is 0 Å². The van der Waals surface area contributed by atoms with Gasteiger partial charge < -0.3 is 14.4 Å². The fraction of sp³-hybridized carbons (Fsp3) is 0.652. The van der Waals surface area contributed by atoms with Gasteiger partial charge in [-0.2, -0.15) is 0 Å². The van der Waals surface area contributed by atoms with Crippen molar-refractivity contribution in [2.75, 3.05) is 27.3 Å². The smallest absolute Gasteiger partial charge is 0.224 e. The van der Waals surface area contributed by atoms with Crippen molar-refractivity contribution in [3.63, 3.8) is 0 Å². The zero-order valence-corrected chi connectivity index (χ0v) is 17.5. The van der Waals surface area contributed by atoms with Crippen LogP contribution in [0.1, 0.15) is 56.7 Å². The molecule has 3 aliphatic rings. The minimum Gasteiger partial charge on any atom is -0.474 e. The molecule has 1 atom stereocenters. The van der Waals surface area contributed by atoms with Crippen molar-refractivity contribution in [3.8, 4) is 5.88 Å². The van der Waals surface area contributed by atoms with Gasteiger partial charge in [0, 0.05) is 18.4 Å². The molecule has 0 aromatic carbocycles. The molecule has 0 radical (unpaired) electrons. The van der Waals surface area contributed by atoms with E-state index in [1.54, 1.807) is 6.33 Å². The topological polar surface area (TPSA) is 47.5 Å². The lowest BCUT2D eigenvalue weighted by Crippen LogP contribution is -2.35. The Morgan fingerprint density at radius 2 is 1.96 bits per heavy atom. The van der Waals surface area contributed by atoms with Crippen LogP contribution in [0.5, 0.6) is 5.88 Å². The van der Waals surface area contributed by atoms with E-state index in [4.69, 9.17) is 9.47 Å². The zero-order valence-electron chi connectivity index (χ0n) is 17.5. The first-order valence-corrected chi connectivity index (χ1v) is 10.8. The molecule has 5 heteroatoms. The van der Waals surface area contributed by atoms with Crippen LogP contribution in [0.25, 0.3) is 5.57 Å². The zero-order chi connectivity index (χ0) is 19.5. The Kier molecular flexibility index (Phi) is 6.12. The number of rotatable bonds is 7. The van der Waals surface area contributed by atoms with Gasteiger partial charge in [0.05, 0.1) is 24.5 Å². The molecule has 0 unspecified atom stereocenters. The molecule has 1 fully saturated rings. The van der Waals surface area contributed by atoms with Crippen LogP contribution in [-0.4, -0.2) is 54.3 Å². The number of nitrogens with zero attached hydrogens (tertiary/aromatic N) is 3. The van der Waals surface area contributed by atoms with Crippen molar-refractivity contribution in [3.05, 3.63) is 35.3 Å². The molecule has 0 bridgehead atoms. The van der Waals surface area contributed by atoms with Crippen LogP contribution >= 0.6 is 0 Å². The van der Waals surface area contributed by atoms with E-state index in [1.165, 1.54) is 36.0 Å². The maximum atomic E-state index is 6.47. The summed E-state index contributed by atoms with van der Waals surface area (Å²) < 4.78 is 12.4. The third-order valence-electron chi connectivity index (χ3n) is 6.55. The second-order valence-electron chi connectivity index (χ2n) is 8.55. The monoisotopic (exact) mass is 383 g/mol. The van der Waals surface area contributed by atoms with Gasteiger partial charge in [-0.1, -0.05) is 17.7 Å². The van der Waals surface area contributed by atoms with Gasteiger partial charge in [-0.3, -0.25) is 0 Å². The van der Waals surface area contributed by atoms with Gasteiger partial charge >= 0.3 is 0 Å². The average Bonchev–Trinajstić information content (AvgIpc) is 3.25. The van der Waals surface area contributed by atoms with E-state index in [2.05, 4.69) is 35.0 Å². The van der Waals surface area contributed by atoms with Crippen molar-refractivity contribution in [1.82, 2.24) is 14.9 Å². The third-order valence-corrected chi connectivity index (χ3v) is 6.55. The molecule has 5 nitrogen and oxygen atoms in total. The fourth-order valence-corrected chi connectivity index (χ4v) is 4.96. The highest BCUT2D eigenvalue weighted by atomic mass is 16.5. The van der Waals surface area contributed by atoms with Crippen LogP contribution in [0.4, 0.5) is 0 Å². The van der Waals surface area contributed by atoms with Crippen LogP contribution in [0.3, 0.4) is 0 Å². The molecule has 0 saturated heterocycles. The summed E-state index contributed by atoms with van der Waals surface area (Å²) in [5.74, 6) is 1.25. The lowest BCUT2D eigenvalue weighted by Gasteiger charge is -2.32. The molecule has 1 aromatic rings. The minimum absolute atomic E-state index is 0.269. The predicted octanol–water partition coefficient (Wildman–Crippen LogP) is 4.04. The van der Waals surface area contributed by atoms with Crippen molar-refractivity contribution >= 4 is 5.57 Å². The normalized spacial score (nSPS) is 26.9. The summed E-state index contributed by atoms with van der Waals surface area (Å²) in [7, 11) is 4.35. The molecule has 0 N–H and O–H groups in total. The van der Waals surface area contributed by atoms with Crippen molar-refractivity contribution in [2.24, 2.45) is 5.92 Å². The van der Waals surface area contributed by atoms with E-state index in [0.717, 1.165) is 43.9 Å². The van der Waals surface area contributed by atoms with Gasteiger partial charge in [0.1, 0.15) is 12.4 Å². The maximum absolute atomic E-state index is 6.47. The van der Waals surface area contributed by atoms with Gasteiger partial charge in [0.15, 0.2) is 0 Å². The average molecular weight is 384 g/mol. The SMILES string of the molecule is C/C=C/COC[C@H]1CCC2=C1c1c(ncnc1O[C@H]1CC[C@H](N(C)C)CC1)C2. The van der Waals surface area contributed by atoms with E-state index in [0.29, 0.717) is 18.6 Å². The van der Waals surface area contributed by atoms with Crippen LogP contribution in [0.2, 0.25) is 0 Å². The second-order valence-corrected chi connectivity index (χ2v) is 8.55. The number of aromatic nitrogens is 2. The van der Waals surface area contributed by atoms with E-state index in [9.17, 15) is 0 Å². The molecule has 0 aliphatic heterocycles. The highest BCUT2D eigenvalue weighted by Crippen LogP contribution is 2.49. The number of fused-ring (bicyclic) bond motifs is 2. The van der Waals surface area contributed by atoms with Crippen LogP contribution in [-0.2, 0) is 11.2 Å². The number of ether oxygens (including phenoxy) is 2. The molecule has 1 heterocycles. The largest absolute Gasteiger partial charge is 0.474 e. The summed E-state index contributed by atoms with van der Waals surface area (Å²) in [6.45, 7) is 3.48. The van der Waals surface area contributed by atoms with Gasteiger partial charge in [0.25, 0.3) is 0 Å². The maximum Gasteiger partial charge on any atom is 0.224 e. The van der Waals surface area contributed by atoms with E-state index in [-0.39, 0.29) is 6.10 Å². The molecule has 28 heavy (non-hydrogen) atoms. The fourth-order valence-electron chi connectivity index (χ4n) is 4.96. The van der Waals surface area contributed by atoms with Gasteiger partial charge in [-0.15, -0.1) is 0 Å². The van der Waals surface area contributed by atoms with Crippen molar-refractivity contribution in [1.29, 1.82) is 0 Å². The minimum atomic E-state index is 0.269. The summed E-state index contributed by atoms with van der Waals surface area (Å²) in [6, 6.07) is 0.679. The van der Waals surface area contributed by atoms with Crippen molar-refractivity contribution in [2.45, 2.75) is 64.0 Å². The van der Waals surface area contributed by atoms with Gasteiger partial charge in [0.2, 0.25) is 5.88 Å². The number of allylic oxidation sites excluding steroid dienone is 2. The quantitative estimate of drug-likeness (QED) is 0.525. The van der Waals surface area contributed by atoms with Crippen LogP contribution < -0.4 is 4.74 Å². The molecule has 1 aromatic heterocycles. The molecule has 0 spiro atoms. The first kappa shape index (κ1) is 19.6. The number of hydrogen-bond donors (Lipinski definition) is 0. The van der Waals surface area contributed by atoms with Crippen LogP contribution in [0.15, 0.2) is 24.1 Å². The Morgan fingerprint density at radius 1 is 1.14 bits per heavy atom. The predicted molar refractivity (Wildman–Crippen MR) is 111 cm³/mol. The molecular weight excluding hydrogens is 350 g/mol. The van der Waals surface area contributed by atoms with Gasteiger partial charge in [-0.05, 0) is 65.1 Å². The molecule has 152 valence electrons. The Labute approximate surface area is 168 Å². The first-order chi connectivity index (χ1) is 13.7. The highest BCUT2D eigenvalue weighted by Gasteiger charge is 2.37. The van der Waals surface area contributed by atoms with E-state index in [1.807, 2.05) is 13.0 Å². The summed E-state index contributed by atoms with van der Waals surface area (Å²) >= 11 is 0. The lowest BCUT2D eigenvalue weighted by atomic mass is 9.92. The Bertz CT molecular complexity index is 748. The molecule has 3 aliphatic carbocycles. The number of hydrogen-bond acceptors (Lipinski definition) is 5. The molecule has 1 saturated carbocycles. The summed E-state index contributed by atoms with van der Waals surface area (Å²) in [5, 5.41) is 0. The summed E-state index contributed by atoms with van der Waals surface area (Å²) in [6.07, 6.45) is 13.9. The Morgan fingerprint density at radius 3 is 2.71 bits per heavy atom. The summed E-state index contributed by atoms with van der Waals surface area (Å²) in [5.41, 5.74) is 5.28. The summed E-state index contributed by atoms with van der Waals surface area (Å²) in [4.78, 5) is 11.5. The Balaban J connectivity index is 1.47. The molecular formula is C23H33N3O2. The lowest BCUT2D eigenvalue weighted by molar-refractivity contribution is 0.106. The highest BCUT2D eigenvalue weighted by molar-refractivity contribution is 5.81. The first-order valence-electron chi connectivity index (χ1n) is 10.8. The van der Waals surface area contributed by atoms with Gasteiger partial charge in [-0.25, -0.2) is 9.97 Å². The third kappa shape index (κ3) is 4.01. The second kappa shape index (κ2) is 8.75. The molecule has 0 amide bonds. The van der Waals surface area contributed by atoms with E-state index >= 15 is 0 Å². The van der Waals surface area contributed by atoms with Crippen LogP contribution in [0, 0.1) is 5.92 Å². The molecule has 4 rings (SSSR count). The van der Waals surface area contributed by atoms with Crippen molar-refractivity contribution < 1.29 is 9.47 Å². The Hall–Kier alpha value is -1.72. The standard InChI is InChI=1S/C23H33N3O2/c1-4-5-12-27-14-17-7-6-16-13-20-22(21(16)17)23(25-15-24-20)28-19-10-8-18(9-11-19)26(2)3/h4-5,15,17-19H,6-14H2,1-3H3/b5-4+/t17-,18-,19-/m1/s1.